The van der Waals surface area contributed by atoms with Crippen LogP contribution in [0.2, 0.25) is 0 Å². The minimum absolute atomic E-state index is 0.0218. The predicted molar refractivity (Wildman–Crippen MR) is 89.3 cm³/mol. The number of carbonyl (C=O) groups excluding carboxylic acids is 2. The molecule has 0 bridgehead atoms. The molecule has 3 nitrogen and oxygen atoms in total. The second-order valence-corrected chi connectivity index (χ2v) is 5.49. The van der Waals surface area contributed by atoms with Gasteiger partial charge in [0.15, 0.2) is 5.78 Å². The second kappa shape index (κ2) is 7.61. The molecule has 112 valence electrons. The third-order valence-corrected chi connectivity index (χ3v) is 3.75. The number of carbonyl (C=O) groups is 2. The Hall–Kier alpha value is -2.33. The molecule has 0 heterocycles. The molecule has 4 heteroatoms. The van der Waals surface area contributed by atoms with Crippen LogP contribution in [0, 0.1) is 0 Å². The van der Waals surface area contributed by atoms with Crippen molar-refractivity contribution in [2.75, 3.05) is 6.26 Å². The molecular formula is C18H16O3S. The van der Waals surface area contributed by atoms with Crippen LogP contribution in [0.4, 0.5) is 0 Å². The molecule has 0 spiro atoms. The van der Waals surface area contributed by atoms with Crippen molar-refractivity contribution < 1.29 is 14.3 Å². The summed E-state index contributed by atoms with van der Waals surface area (Å²) in [6, 6.07) is 14.4. The summed E-state index contributed by atoms with van der Waals surface area (Å²) in [6.45, 7) is 1.49. The molecule has 0 fully saturated rings. The zero-order valence-corrected chi connectivity index (χ0v) is 13.2. The maximum Gasteiger partial charge on any atom is 0.336 e. The van der Waals surface area contributed by atoms with Gasteiger partial charge in [0.2, 0.25) is 0 Å². The molecule has 2 aromatic rings. The summed E-state index contributed by atoms with van der Waals surface area (Å²) < 4.78 is 5.17. The van der Waals surface area contributed by atoms with E-state index in [2.05, 4.69) is 0 Å². The first-order chi connectivity index (χ1) is 10.6. The number of rotatable bonds is 5. The van der Waals surface area contributed by atoms with Gasteiger partial charge in [0.05, 0.1) is 0 Å². The summed E-state index contributed by atoms with van der Waals surface area (Å²) in [5.41, 5.74) is 1.52. The Morgan fingerprint density at radius 3 is 2.18 bits per heavy atom. The Balaban J connectivity index is 1.96. The van der Waals surface area contributed by atoms with Gasteiger partial charge in [0.1, 0.15) is 5.75 Å². The van der Waals surface area contributed by atoms with Crippen LogP contribution in [0.3, 0.4) is 0 Å². The highest BCUT2D eigenvalue weighted by Crippen LogP contribution is 2.16. The molecule has 0 radical (unpaired) electrons. The van der Waals surface area contributed by atoms with E-state index in [9.17, 15) is 9.59 Å². The first-order valence-corrected chi connectivity index (χ1v) is 7.96. The molecule has 0 saturated carbocycles. The third kappa shape index (κ3) is 4.60. The van der Waals surface area contributed by atoms with E-state index >= 15 is 0 Å². The van der Waals surface area contributed by atoms with Crippen LogP contribution >= 0.6 is 11.8 Å². The minimum Gasteiger partial charge on any atom is -0.423 e. The SMILES string of the molecule is CSc1ccc(/C=C/C(=O)Oc2ccc(C(C)=O)cc2)cc1. The Labute approximate surface area is 134 Å². The van der Waals surface area contributed by atoms with Crippen molar-refractivity contribution in [3.05, 3.63) is 65.7 Å². The zero-order valence-electron chi connectivity index (χ0n) is 12.4. The summed E-state index contributed by atoms with van der Waals surface area (Å²) in [4.78, 5) is 24.1. The number of esters is 1. The van der Waals surface area contributed by atoms with Gasteiger partial charge in [-0.1, -0.05) is 12.1 Å². The third-order valence-electron chi connectivity index (χ3n) is 3.01. The van der Waals surface area contributed by atoms with Crippen molar-refractivity contribution in [3.63, 3.8) is 0 Å². The van der Waals surface area contributed by atoms with E-state index in [1.54, 1.807) is 42.1 Å². The lowest BCUT2D eigenvalue weighted by Gasteiger charge is -2.02. The number of hydrogen-bond acceptors (Lipinski definition) is 4. The molecule has 2 rings (SSSR count). The summed E-state index contributed by atoms with van der Waals surface area (Å²) >= 11 is 1.67. The van der Waals surface area contributed by atoms with E-state index in [1.165, 1.54) is 17.9 Å². The van der Waals surface area contributed by atoms with Crippen LogP contribution < -0.4 is 4.74 Å². The highest BCUT2D eigenvalue weighted by molar-refractivity contribution is 7.98. The summed E-state index contributed by atoms with van der Waals surface area (Å²) in [7, 11) is 0. The van der Waals surface area contributed by atoms with Gasteiger partial charge in [-0.15, -0.1) is 11.8 Å². The Kier molecular flexibility index (Phi) is 5.55. The van der Waals surface area contributed by atoms with Crippen molar-refractivity contribution in [1.29, 1.82) is 0 Å². The van der Waals surface area contributed by atoms with Crippen molar-refractivity contribution in [2.45, 2.75) is 11.8 Å². The molecule has 0 N–H and O–H groups in total. The smallest absolute Gasteiger partial charge is 0.336 e. The van der Waals surface area contributed by atoms with E-state index in [0.29, 0.717) is 11.3 Å². The fourth-order valence-corrected chi connectivity index (χ4v) is 2.20. The fourth-order valence-electron chi connectivity index (χ4n) is 1.79. The van der Waals surface area contributed by atoms with Crippen molar-refractivity contribution >= 4 is 29.6 Å². The molecule has 0 atom stereocenters. The standard InChI is InChI=1S/C18H16O3S/c1-13(19)15-6-8-16(9-7-15)21-18(20)12-5-14-3-10-17(22-2)11-4-14/h3-12H,1-2H3/b12-5+. The maximum atomic E-state index is 11.7. The molecule has 0 aromatic heterocycles. The maximum absolute atomic E-state index is 11.7. The van der Waals surface area contributed by atoms with E-state index < -0.39 is 5.97 Å². The quantitative estimate of drug-likeness (QED) is 0.272. The van der Waals surface area contributed by atoms with Gasteiger partial charge >= 0.3 is 5.97 Å². The lowest BCUT2D eigenvalue weighted by Crippen LogP contribution is -2.03. The molecule has 0 unspecified atom stereocenters. The van der Waals surface area contributed by atoms with E-state index in [1.807, 2.05) is 30.5 Å². The molecule has 0 aliphatic heterocycles. The van der Waals surface area contributed by atoms with Crippen molar-refractivity contribution in [2.24, 2.45) is 0 Å². The molecule has 2 aromatic carbocycles. The normalized spacial score (nSPS) is 10.6. The van der Waals surface area contributed by atoms with Gasteiger partial charge < -0.3 is 4.74 Å². The number of ether oxygens (including phenoxy) is 1. The van der Waals surface area contributed by atoms with Gasteiger partial charge in [0.25, 0.3) is 0 Å². The second-order valence-electron chi connectivity index (χ2n) is 4.61. The number of thioether (sulfide) groups is 1. The minimum atomic E-state index is -0.454. The van der Waals surface area contributed by atoms with Crippen LogP contribution in [-0.4, -0.2) is 18.0 Å². The van der Waals surface area contributed by atoms with Gasteiger partial charge in [-0.2, -0.15) is 0 Å². The van der Waals surface area contributed by atoms with Gasteiger partial charge in [-0.25, -0.2) is 4.79 Å². The average molecular weight is 312 g/mol. The fraction of sp³-hybridized carbons (Fsp3) is 0.111. The molecule has 0 aliphatic carbocycles. The number of hydrogen-bond donors (Lipinski definition) is 0. The highest BCUT2D eigenvalue weighted by atomic mass is 32.2. The Morgan fingerprint density at radius 1 is 1.00 bits per heavy atom. The average Bonchev–Trinajstić information content (AvgIpc) is 2.54. The first-order valence-electron chi connectivity index (χ1n) is 6.73. The predicted octanol–water partition coefficient (Wildman–Crippen LogP) is 4.23. The van der Waals surface area contributed by atoms with Crippen LogP contribution in [0.15, 0.2) is 59.5 Å². The largest absolute Gasteiger partial charge is 0.423 e. The van der Waals surface area contributed by atoms with Crippen LogP contribution in [0.1, 0.15) is 22.8 Å². The van der Waals surface area contributed by atoms with Crippen LogP contribution in [0.5, 0.6) is 5.75 Å². The van der Waals surface area contributed by atoms with Gasteiger partial charge in [0, 0.05) is 16.5 Å². The van der Waals surface area contributed by atoms with E-state index in [0.717, 1.165) is 5.56 Å². The molecule has 0 amide bonds. The first kappa shape index (κ1) is 16.0. The van der Waals surface area contributed by atoms with Crippen LogP contribution in [-0.2, 0) is 4.79 Å². The Morgan fingerprint density at radius 2 is 1.64 bits per heavy atom. The lowest BCUT2D eigenvalue weighted by molar-refractivity contribution is -0.128. The summed E-state index contributed by atoms with van der Waals surface area (Å²) in [5, 5.41) is 0. The molecule has 0 aliphatic rings. The number of Topliss-reactive ketones (excluding diaryl/α,β-unsaturated/α-hetero) is 1. The Bertz CT molecular complexity index is 685. The van der Waals surface area contributed by atoms with Gasteiger partial charge in [-0.3, -0.25) is 4.79 Å². The summed E-state index contributed by atoms with van der Waals surface area (Å²) in [5.74, 6) is -0.0617. The van der Waals surface area contributed by atoms with E-state index in [4.69, 9.17) is 4.74 Å². The lowest BCUT2D eigenvalue weighted by atomic mass is 10.1. The molecule has 22 heavy (non-hydrogen) atoms. The number of benzene rings is 2. The van der Waals surface area contributed by atoms with Crippen molar-refractivity contribution in [3.8, 4) is 5.75 Å². The summed E-state index contributed by atoms with van der Waals surface area (Å²) in [6.07, 6.45) is 5.10. The monoisotopic (exact) mass is 312 g/mol. The van der Waals surface area contributed by atoms with E-state index in [-0.39, 0.29) is 5.78 Å². The zero-order chi connectivity index (χ0) is 15.9. The van der Waals surface area contributed by atoms with Crippen LogP contribution in [0.25, 0.3) is 6.08 Å². The van der Waals surface area contributed by atoms with Crippen molar-refractivity contribution in [1.82, 2.24) is 0 Å². The highest BCUT2D eigenvalue weighted by Gasteiger charge is 2.03. The topological polar surface area (TPSA) is 43.4 Å². The molecular weight excluding hydrogens is 296 g/mol. The molecule has 0 saturated heterocycles. The number of ketones is 1. The van der Waals surface area contributed by atoms with Gasteiger partial charge in [-0.05, 0) is 61.2 Å².